The van der Waals surface area contributed by atoms with E-state index in [0.717, 1.165) is 0 Å². The Balaban J connectivity index is 2.46. The zero-order valence-corrected chi connectivity index (χ0v) is 10.9. The van der Waals surface area contributed by atoms with Crippen LogP contribution >= 0.6 is 0 Å². The van der Waals surface area contributed by atoms with Gasteiger partial charge in [0.05, 0.1) is 22.7 Å². The lowest BCUT2D eigenvalue weighted by molar-refractivity contribution is -0.385. The van der Waals surface area contributed by atoms with Gasteiger partial charge in [-0.3, -0.25) is 19.6 Å². The van der Waals surface area contributed by atoms with Crippen LogP contribution in [0.25, 0.3) is 0 Å². The fourth-order valence-electron chi connectivity index (χ4n) is 1.94. The minimum Gasteiger partial charge on any atom is -0.288 e. The molecule has 0 amide bonds. The molecule has 0 bridgehead atoms. The number of carbonyl (C=O) groups is 1. The molecule has 0 aliphatic carbocycles. The van der Waals surface area contributed by atoms with Crippen molar-refractivity contribution in [1.29, 1.82) is 0 Å². The van der Waals surface area contributed by atoms with Crippen LogP contribution in [0.1, 0.15) is 21.6 Å². The van der Waals surface area contributed by atoms with Gasteiger partial charge in [-0.1, -0.05) is 18.2 Å². The smallest absolute Gasteiger partial charge is 0.280 e. The van der Waals surface area contributed by atoms with Gasteiger partial charge in [-0.25, -0.2) is 0 Å². The molecular weight excluding hydrogens is 258 g/mol. The Morgan fingerprint density at radius 1 is 1.45 bits per heavy atom. The van der Waals surface area contributed by atoms with Gasteiger partial charge in [-0.05, 0) is 13.0 Å². The van der Waals surface area contributed by atoms with Gasteiger partial charge in [0.2, 0.25) is 5.78 Å². The second kappa shape index (κ2) is 5.48. The quantitative estimate of drug-likeness (QED) is 0.362. The normalized spacial score (nSPS) is 10.2. The standard InChI is InChI=1S/C14H13N3O3/c1-3-8-16-9-12(10(2)15-16)14(18)11-6-4-5-7-13(11)17(19)20/h3-7,9H,1,8H2,2H3. The zero-order chi connectivity index (χ0) is 14.7. The van der Waals surface area contributed by atoms with Crippen molar-refractivity contribution in [1.82, 2.24) is 9.78 Å². The lowest BCUT2D eigenvalue weighted by Gasteiger charge is -2.00. The molecule has 0 saturated heterocycles. The Bertz CT molecular complexity index is 689. The summed E-state index contributed by atoms with van der Waals surface area (Å²) < 4.78 is 1.57. The summed E-state index contributed by atoms with van der Waals surface area (Å²) in [5.41, 5.74) is 0.767. The van der Waals surface area contributed by atoms with E-state index < -0.39 is 10.7 Å². The van der Waals surface area contributed by atoms with E-state index in [1.807, 2.05) is 0 Å². The average Bonchev–Trinajstić information content (AvgIpc) is 2.79. The Hall–Kier alpha value is -2.76. The first-order valence-corrected chi connectivity index (χ1v) is 5.97. The van der Waals surface area contributed by atoms with Crippen molar-refractivity contribution in [3.8, 4) is 0 Å². The van der Waals surface area contributed by atoms with E-state index in [0.29, 0.717) is 17.8 Å². The van der Waals surface area contributed by atoms with Crippen molar-refractivity contribution in [2.24, 2.45) is 0 Å². The third kappa shape index (κ3) is 2.49. The number of nitrogens with zero attached hydrogens (tertiary/aromatic N) is 3. The van der Waals surface area contributed by atoms with Crippen LogP contribution in [0.3, 0.4) is 0 Å². The maximum Gasteiger partial charge on any atom is 0.280 e. The Labute approximate surface area is 115 Å². The summed E-state index contributed by atoms with van der Waals surface area (Å²) in [6.45, 7) is 5.77. The summed E-state index contributed by atoms with van der Waals surface area (Å²) in [5.74, 6) is -0.398. The van der Waals surface area contributed by atoms with Crippen LogP contribution < -0.4 is 0 Å². The van der Waals surface area contributed by atoms with E-state index in [1.54, 1.807) is 29.9 Å². The number of benzene rings is 1. The molecule has 0 aliphatic heterocycles. The first-order valence-electron chi connectivity index (χ1n) is 5.97. The molecule has 2 rings (SSSR count). The molecule has 2 aromatic rings. The summed E-state index contributed by atoms with van der Waals surface area (Å²) in [7, 11) is 0. The minimum atomic E-state index is -0.559. The fourth-order valence-corrected chi connectivity index (χ4v) is 1.94. The number of rotatable bonds is 5. The van der Waals surface area contributed by atoms with Crippen molar-refractivity contribution in [3.63, 3.8) is 0 Å². The summed E-state index contributed by atoms with van der Waals surface area (Å²) in [6, 6.07) is 5.90. The molecule has 0 atom stereocenters. The number of hydrogen-bond acceptors (Lipinski definition) is 4. The van der Waals surface area contributed by atoms with E-state index in [9.17, 15) is 14.9 Å². The third-order valence-corrected chi connectivity index (χ3v) is 2.85. The van der Waals surface area contributed by atoms with Crippen LogP contribution in [-0.2, 0) is 6.54 Å². The number of aromatic nitrogens is 2. The number of allylic oxidation sites excluding steroid dienone is 1. The van der Waals surface area contributed by atoms with Crippen LogP contribution in [0.4, 0.5) is 5.69 Å². The molecule has 0 spiro atoms. The Morgan fingerprint density at radius 3 is 2.80 bits per heavy atom. The highest BCUT2D eigenvalue weighted by Crippen LogP contribution is 2.22. The molecule has 1 aromatic heterocycles. The van der Waals surface area contributed by atoms with Gasteiger partial charge in [-0.2, -0.15) is 5.10 Å². The molecule has 0 saturated carbocycles. The molecule has 6 nitrogen and oxygen atoms in total. The number of para-hydroxylation sites is 1. The molecule has 0 aliphatic rings. The maximum atomic E-state index is 12.4. The molecule has 0 radical (unpaired) electrons. The Kier molecular flexibility index (Phi) is 3.74. The molecular formula is C14H13N3O3. The molecule has 102 valence electrons. The van der Waals surface area contributed by atoms with Crippen LogP contribution in [0.15, 0.2) is 43.1 Å². The Morgan fingerprint density at radius 2 is 2.15 bits per heavy atom. The topological polar surface area (TPSA) is 78.0 Å². The predicted molar refractivity (Wildman–Crippen MR) is 73.7 cm³/mol. The first-order chi connectivity index (χ1) is 9.54. The number of hydrogen-bond donors (Lipinski definition) is 0. The zero-order valence-electron chi connectivity index (χ0n) is 10.9. The summed E-state index contributed by atoms with van der Waals surface area (Å²) in [5, 5.41) is 15.1. The number of ketones is 1. The van der Waals surface area contributed by atoms with E-state index >= 15 is 0 Å². The monoisotopic (exact) mass is 271 g/mol. The molecule has 0 fully saturated rings. The number of carbonyl (C=O) groups excluding carboxylic acids is 1. The van der Waals surface area contributed by atoms with E-state index in [4.69, 9.17) is 0 Å². The van der Waals surface area contributed by atoms with Crippen LogP contribution in [-0.4, -0.2) is 20.5 Å². The highest BCUT2D eigenvalue weighted by Gasteiger charge is 2.23. The molecule has 6 heteroatoms. The number of nitro benzene ring substituents is 1. The molecule has 1 aromatic carbocycles. The second-order valence-electron chi connectivity index (χ2n) is 4.24. The van der Waals surface area contributed by atoms with Crippen molar-refractivity contribution in [3.05, 3.63) is 70.1 Å². The lowest BCUT2D eigenvalue weighted by Crippen LogP contribution is -2.05. The first kappa shape index (κ1) is 13.7. The van der Waals surface area contributed by atoms with Crippen molar-refractivity contribution < 1.29 is 9.72 Å². The van der Waals surface area contributed by atoms with E-state index in [1.165, 1.54) is 18.2 Å². The van der Waals surface area contributed by atoms with Gasteiger partial charge in [0, 0.05) is 12.3 Å². The molecule has 0 unspecified atom stereocenters. The summed E-state index contributed by atoms with van der Waals surface area (Å²) >= 11 is 0. The second-order valence-corrected chi connectivity index (χ2v) is 4.24. The van der Waals surface area contributed by atoms with Crippen molar-refractivity contribution >= 4 is 11.5 Å². The van der Waals surface area contributed by atoms with Crippen LogP contribution in [0, 0.1) is 17.0 Å². The largest absolute Gasteiger partial charge is 0.288 e. The molecule has 0 N–H and O–H groups in total. The number of nitro groups is 1. The van der Waals surface area contributed by atoms with Crippen LogP contribution in [0.2, 0.25) is 0 Å². The summed E-state index contributed by atoms with van der Waals surface area (Å²) in [6.07, 6.45) is 3.24. The predicted octanol–water partition coefficient (Wildman–Crippen LogP) is 2.52. The van der Waals surface area contributed by atoms with Gasteiger partial charge in [0.25, 0.3) is 5.69 Å². The molecule has 1 heterocycles. The van der Waals surface area contributed by atoms with Gasteiger partial charge in [0.1, 0.15) is 5.56 Å². The van der Waals surface area contributed by atoms with Gasteiger partial charge in [-0.15, -0.1) is 6.58 Å². The van der Waals surface area contributed by atoms with Gasteiger partial charge >= 0.3 is 0 Å². The highest BCUT2D eigenvalue weighted by molar-refractivity contribution is 6.11. The minimum absolute atomic E-state index is 0.0683. The van der Waals surface area contributed by atoms with Crippen LogP contribution in [0.5, 0.6) is 0 Å². The van der Waals surface area contributed by atoms with Gasteiger partial charge in [0.15, 0.2) is 0 Å². The third-order valence-electron chi connectivity index (χ3n) is 2.85. The van der Waals surface area contributed by atoms with Gasteiger partial charge < -0.3 is 0 Å². The number of aryl methyl sites for hydroxylation is 1. The SMILES string of the molecule is C=CCn1cc(C(=O)c2ccccc2[N+](=O)[O-])c(C)n1. The van der Waals surface area contributed by atoms with Crippen molar-refractivity contribution in [2.45, 2.75) is 13.5 Å². The lowest BCUT2D eigenvalue weighted by atomic mass is 10.0. The fraction of sp³-hybridized carbons (Fsp3) is 0.143. The average molecular weight is 271 g/mol. The summed E-state index contributed by atoms with van der Waals surface area (Å²) in [4.78, 5) is 22.8. The molecule has 20 heavy (non-hydrogen) atoms. The van der Waals surface area contributed by atoms with E-state index in [2.05, 4.69) is 11.7 Å². The van der Waals surface area contributed by atoms with E-state index in [-0.39, 0.29) is 11.3 Å². The maximum absolute atomic E-state index is 12.4. The highest BCUT2D eigenvalue weighted by atomic mass is 16.6. The van der Waals surface area contributed by atoms with Crippen molar-refractivity contribution in [2.75, 3.05) is 0 Å².